The number of rotatable bonds is 3. The van der Waals surface area contributed by atoms with Gasteiger partial charge in [0.15, 0.2) is 11.4 Å². The second-order valence-corrected chi connectivity index (χ2v) is 10.1. The minimum atomic E-state index is -0.537. The molecule has 0 bridgehead atoms. The van der Waals surface area contributed by atoms with Crippen LogP contribution >= 0.6 is 12.4 Å². The van der Waals surface area contributed by atoms with Crippen LogP contribution in [-0.4, -0.2) is 57.3 Å². The van der Waals surface area contributed by atoms with Crippen LogP contribution in [0.15, 0.2) is 65.6 Å². The van der Waals surface area contributed by atoms with Crippen molar-refractivity contribution in [1.82, 2.24) is 14.5 Å². The van der Waals surface area contributed by atoms with E-state index >= 15 is 0 Å². The van der Waals surface area contributed by atoms with Gasteiger partial charge in [0.25, 0.3) is 5.91 Å². The molecule has 0 atom stereocenters. The third-order valence-corrected chi connectivity index (χ3v) is 7.81. The number of amides is 1. The molecule has 1 saturated heterocycles. The predicted octanol–water partition coefficient (Wildman–Crippen LogP) is 3.31. The molecular weight excluding hydrogens is 476 g/mol. The summed E-state index contributed by atoms with van der Waals surface area (Å²) in [6, 6.07) is 18.6. The highest BCUT2D eigenvalue weighted by atomic mass is 35.5. The van der Waals surface area contributed by atoms with Crippen LogP contribution in [0.3, 0.4) is 0 Å². The van der Waals surface area contributed by atoms with Gasteiger partial charge in [-0.25, -0.2) is 0 Å². The molecule has 3 aromatic rings. The van der Waals surface area contributed by atoms with Crippen molar-refractivity contribution in [3.05, 3.63) is 99.0 Å². The van der Waals surface area contributed by atoms with Crippen molar-refractivity contribution in [3.63, 3.8) is 0 Å². The number of aromatic nitrogens is 1. The Bertz CT molecular complexity index is 1320. The molecule has 1 aromatic heterocycles. The topological polar surface area (TPSA) is 69.0 Å². The van der Waals surface area contributed by atoms with Crippen molar-refractivity contribution < 1.29 is 9.90 Å². The standard InChI is InChI=1S/C28H30N4O3.ClH/c1-18(2)29-15-21(16-29)30-17-32(31-14-13-24(33)27(34)26(31)28(30)35)25-22-9-5-3-7-19(22)11-12-20-8-4-6-10-23(20)25;/h3-10,13-14,18,21,25,34H,11-12,15-17H2,1-2H3;1H. The van der Waals surface area contributed by atoms with E-state index in [-0.39, 0.29) is 36.1 Å². The predicted molar refractivity (Wildman–Crippen MR) is 142 cm³/mol. The van der Waals surface area contributed by atoms with Crippen LogP contribution in [0.4, 0.5) is 0 Å². The van der Waals surface area contributed by atoms with Crippen LogP contribution in [0, 0.1) is 0 Å². The zero-order chi connectivity index (χ0) is 24.3. The largest absolute Gasteiger partial charge is 0.502 e. The first-order valence-electron chi connectivity index (χ1n) is 12.4. The number of hydrogen-bond donors (Lipinski definition) is 1. The summed E-state index contributed by atoms with van der Waals surface area (Å²) in [5.74, 6) is -0.775. The molecule has 6 rings (SSSR count). The van der Waals surface area contributed by atoms with Crippen molar-refractivity contribution >= 4 is 18.3 Å². The van der Waals surface area contributed by atoms with Gasteiger partial charge < -0.3 is 10.0 Å². The van der Waals surface area contributed by atoms with Crippen molar-refractivity contribution in [3.8, 4) is 5.75 Å². The van der Waals surface area contributed by atoms with Gasteiger partial charge in [0.2, 0.25) is 5.43 Å². The van der Waals surface area contributed by atoms with Gasteiger partial charge >= 0.3 is 0 Å². The Kier molecular flexibility index (Phi) is 6.30. The lowest BCUT2D eigenvalue weighted by molar-refractivity contribution is 0.00583. The van der Waals surface area contributed by atoms with E-state index in [1.165, 1.54) is 28.3 Å². The highest BCUT2D eigenvalue weighted by molar-refractivity contribution is 5.96. The molecule has 188 valence electrons. The van der Waals surface area contributed by atoms with Crippen molar-refractivity contribution in [2.75, 3.05) is 24.8 Å². The number of likely N-dealkylation sites (tertiary alicyclic amines) is 1. The fourth-order valence-electron chi connectivity index (χ4n) is 5.76. The molecule has 1 amide bonds. The Balaban J connectivity index is 0.00000267. The number of benzene rings is 2. The minimum Gasteiger partial charge on any atom is -0.502 e. The molecular formula is C28H31ClN4O3. The first-order valence-corrected chi connectivity index (χ1v) is 12.4. The van der Waals surface area contributed by atoms with Crippen LogP contribution in [-0.2, 0) is 12.8 Å². The minimum absolute atomic E-state index is 0. The maximum atomic E-state index is 13.6. The van der Waals surface area contributed by atoms with E-state index in [0.717, 1.165) is 25.9 Å². The Morgan fingerprint density at radius 2 is 1.47 bits per heavy atom. The maximum Gasteiger partial charge on any atom is 0.278 e. The normalized spacial score (nSPS) is 18.1. The molecule has 3 heterocycles. The molecule has 0 spiro atoms. The summed E-state index contributed by atoms with van der Waals surface area (Å²) >= 11 is 0. The molecule has 1 N–H and O–H groups in total. The van der Waals surface area contributed by atoms with Gasteiger partial charge in [-0.2, -0.15) is 0 Å². The summed E-state index contributed by atoms with van der Waals surface area (Å²) < 4.78 is 1.71. The zero-order valence-electron chi connectivity index (χ0n) is 20.5. The van der Waals surface area contributed by atoms with Gasteiger partial charge in [-0.1, -0.05) is 48.5 Å². The molecule has 7 nitrogen and oxygen atoms in total. The van der Waals surface area contributed by atoms with Crippen LogP contribution in [0.25, 0.3) is 0 Å². The second-order valence-electron chi connectivity index (χ2n) is 10.1. The number of carbonyl (C=O) groups excluding carboxylic acids is 1. The SMILES string of the molecule is CC(C)N1CC(N2CN(C3c4ccccc4CCc4ccccc43)n3ccc(=O)c(O)c3C2=O)C1.Cl. The van der Waals surface area contributed by atoms with Crippen LogP contribution < -0.4 is 10.4 Å². The lowest BCUT2D eigenvalue weighted by Crippen LogP contribution is -2.67. The average Bonchev–Trinajstić information content (AvgIpc) is 2.98. The number of carbonyl (C=O) groups is 1. The van der Waals surface area contributed by atoms with Gasteiger partial charge in [-0.3, -0.25) is 24.2 Å². The fourth-order valence-corrected chi connectivity index (χ4v) is 5.76. The van der Waals surface area contributed by atoms with E-state index in [0.29, 0.717) is 12.7 Å². The zero-order valence-corrected chi connectivity index (χ0v) is 21.3. The summed E-state index contributed by atoms with van der Waals surface area (Å²) in [5.41, 5.74) is 4.44. The van der Waals surface area contributed by atoms with Crippen LogP contribution in [0.1, 0.15) is 52.6 Å². The van der Waals surface area contributed by atoms with Crippen LogP contribution in [0.5, 0.6) is 5.75 Å². The summed E-state index contributed by atoms with van der Waals surface area (Å²) in [6.07, 6.45) is 3.51. The Hall–Kier alpha value is -3.29. The number of aromatic hydroxyl groups is 1. The number of aryl methyl sites for hydroxylation is 2. The first-order chi connectivity index (χ1) is 16.9. The molecule has 2 aromatic carbocycles. The Morgan fingerprint density at radius 1 is 0.889 bits per heavy atom. The van der Waals surface area contributed by atoms with Crippen molar-refractivity contribution in [2.24, 2.45) is 0 Å². The highest BCUT2D eigenvalue weighted by Crippen LogP contribution is 2.38. The molecule has 0 unspecified atom stereocenters. The molecule has 1 fully saturated rings. The maximum absolute atomic E-state index is 13.6. The van der Waals surface area contributed by atoms with Gasteiger partial charge in [0, 0.05) is 31.4 Å². The quantitative estimate of drug-likeness (QED) is 0.590. The Morgan fingerprint density at radius 3 is 2.06 bits per heavy atom. The monoisotopic (exact) mass is 506 g/mol. The van der Waals surface area contributed by atoms with E-state index in [2.05, 4.69) is 72.3 Å². The molecule has 0 radical (unpaired) electrons. The first kappa shape index (κ1) is 24.4. The van der Waals surface area contributed by atoms with Gasteiger partial charge in [0.1, 0.15) is 6.67 Å². The molecule has 0 saturated carbocycles. The number of pyridine rings is 1. The van der Waals surface area contributed by atoms with E-state index in [1.807, 2.05) is 4.90 Å². The van der Waals surface area contributed by atoms with Gasteiger partial charge in [0.05, 0.1) is 12.1 Å². The van der Waals surface area contributed by atoms with Crippen molar-refractivity contribution in [1.29, 1.82) is 0 Å². The summed E-state index contributed by atoms with van der Waals surface area (Å²) in [5, 5.41) is 12.9. The van der Waals surface area contributed by atoms with E-state index in [1.54, 1.807) is 10.9 Å². The molecule has 2 aliphatic heterocycles. The van der Waals surface area contributed by atoms with Crippen LogP contribution in [0.2, 0.25) is 0 Å². The number of halogens is 1. The molecule has 3 aliphatic rings. The fraction of sp³-hybridized carbons (Fsp3) is 0.357. The smallest absolute Gasteiger partial charge is 0.278 e. The molecule has 1 aliphatic carbocycles. The summed E-state index contributed by atoms with van der Waals surface area (Å²) in [4.78, 5) is 30.2. The van der Waals surface area contributed by atoms with Crippen molar-refractivity contribution in [2.45, 2.75) is 44.8 Å². The second kappa shape index (κ2) is 9.30. The lowest BCUT2D eigenvalue weighted by Gasteiger charge is -2.52. The summed E-state index contributed by atoms with van der Waals surface area (Å²) in [6.45, 7) is 6.25. The number of fused-ring (bicyclic) bond motifs is 3. The lowest BCUT2D eigenvalue weighted by atomic mass is 9.94. The Labute approximate surface area is 216 Å². The van der Waals surface area contributed by atoms with E-state index in [9.17, 15) is 14.7 Å². The van der Waals surface area contributed by atoms with Gasteiger partial charge in [-0.05, 0) is 48.9 Å². The third kappa shape index (κ3) is 3.78. The number of nitrogens with zero attached hydrogens (tertiary/aromatic N) is 4. The highest BCUT2D eigenvalue weighted by Gasteiger charge is 2.44. The number of hydrogen-bond acceptors (Lipinski definition) is 5. The summed E-state index contributed by atoms with van der Waals surface area (Å²) in [7, 11) is 0. The molecule has 36 heavy (non-hydrogen) atoms. The molecule has 8 heteroatoms. The van der Waals surface area contributed by atoms with E-state index < -0.39 is 11.2 Å². The average molecular weight is 507 g/mol. The van der Waals surface area contributed by atoms with Gasteiger partial charge in [-0.15, -0.1) is 12.4 Å². The third-order valence-electron chi connectivity index (χ3n) is 7.81. The van der Waals surface area contributed by atoms with E-state index in [4.69, 9.17) is 0 Å².